The summed E-state index contributed by atoms with van der Waals surface area (Å²) < 4.78 is 17.6. The molecule has 1 fully saturated rings. The van der Waals surface area contributed by atoms with Crippen molar-refractivity contribution in [2.24, 2.45) is 0 Å². The van der Waals surface area contributed by atoms with Gasteiger partial charge in [0.2, 0.25) is 5.78 Å². The number of fused-ring (bicyclic) bond motifs is 3. The first-order chi connectivity index (χ1) is 21.7. The van der Waals surface area contributed by atoms with Crippen molar-refractivity contribution in [2.75, 3.05) is 13.7 Å². The predicted molar refractivity (Wildman–Crippen MR) is 164 cm³/mol. The molecule has 1 aliphatic heterocycles. The molecule has 1 heterocycles. The van der Waals surface area contributed by atoms with Gasteiger partial charge in [-0.05, 0) is 33.3 Å². The van der Waals surface area contributed by atoms with Crippen LogP contribution in [0.25, 0.3) is 0 Å². The lowest BCUT2D eigenvalue weighted by atomic mass is 9.72. The zero-order valence-corrected chi connectivity index (χ0v) is 26.8. The number of Topliss-reactive ketones (excluding diaryl/α,β-unsaturated/α-hetero) is 1. The number of hydrogen-bond acceptors (Lipinski definition) is 12. The molecule has 2 aromatic rings. The molecule has 3 aliphatic rings. The van der Waals surface area contributed by atoms with Gasteiger partial charge in [0.1, 0.15) is 29.5 Å². The average Bonchev–Trinajstić information content (AvgIpc) is 3.01. The number of carbonyl (C=O) groups is 3. The molecule has 2 aliphatic carbocycles. The molecule has 1 saturated heterocycles. The van der Waals surface area contributed by atoms with Crippen molar-refractivity contribution in [1.82, 2.24) is 5.32 Å². The number of unbranched alkanes of at least 4 members (excludes halogenated alkanes) is 1. The average molecular weight is 642 g/mol. The molecule has 250 valence electrons. The van der Waals surface area contributed by atoms with Crippen LogP contribution in [0.4, 0.5) is 0 Å². The third kappa shape index (κ3) is 5.82. The highest BCUT2D eigenvalue weighted by Crippen LogP contribution is 2.52. The number of carbonyl (C=O) groups excluding carboxylic acids is 3. The van der Waals surface area contributed by atoms with E-state index in [1.165, 1.54) is 25.3 Å². The predicted octanol–water partition coefficient (Wildman–Crippen LogP) is 2.60. The molecule has 0 radical (unpaired) electrons. The van der Waals surface area contributed by atoms with E-state index in [0.29, 0.717) is 0 Å². The van der Waals surface area contributed by atoms with Gasteiger partial charge in [-0.25, -0.2) is 0 Å². The van der Waals surface area contributed by atoms with Crippen molar-refractivity contribution in [2.45, 2.75) is 108 Å². The van der Waals surface area contributed by atoms with Crippen LogP contribution in [0.1, 0.15) is 109 Å². The number of aromatic hydroxyl groups is 2. The summed E-state index contributed by atoms with van der Waals surface area (Å²) >= 11 is 0. The number of hydrogen-bond donors (Lipinski definition) is 6. The first-order valence-corrected chi connectivity index (χ1v) is 15.7. The number of nitrogens with one attached hydrogen (secondary N) is 1. The van der Waals surface area contributed by atoms with Crippen LogP contribution in [0.3, 0.4) is 0 Å². The minimum absolute atomic E-state index is 0.0413. The quantitative estimate of drug-likeness (QED) is 0.178. The monoisotopic (exact) mass is 641 g/mol. The normalized spacial score (nSPS) is 27.5. The number of aliphatic hydroxyl groups excluding tert-OH is 2. The van der Waals surface area contributed by atoms with E-state index in [-0.39, 0.29) is 40.0 Å². The van der Waals surface area contributed by atoms with Crippen LogP contribution in [-0.2, 0) is 20.7 Å². The van der Waals surface area contributed by atoms with Gasteiger partial charge < -0.3 is 45.1 Å². The Morgan fingerprint density at radius 1 is 1.13 bits per heavy atom. The molecule has 12 nitrogen and oxygen atoms in total. The van der Waals surface area contributed by atoms with Gasteiger partial charge in [0.15, 0.2) is 17.9 Å². The van der Waals surface area contributed by atoms with E-state index in [4.69, 9.17) is 14.2 Å². The molecule has 6 atom stereocenters. The Hall–Kier alpha value is -3.39. The Bertz CT molecular complexity index is 1550. The molecule has 0 aromatic heterocycles. The van der Waals surface area contributed by atoms with E-state index in [1.807, 2.05) is 13.8 Å². The van der Waals surface area contributed by atoms with Gasteiger partial charge in [0.25, 0.3) is 0 Å². The van der Waals surface area contributed by atoms with Crippen LogP contribution in [0.2, 0.25) is 0 Å². The number of rotatable bonds is 10. The molecule has 0 bridgehead atoms. The largest absolute Gasteiger partial charge is 0.507 e. The second-order valence-electron chi connectivity index (χ2n) is 13.2. The van der Waals surface area contributed by atoms with Crippen molar-refractivity contribution in [3.05, 3.63) is 51.6 Å². The van der Waals surface area contributed by atoms with Crippen LogP contribution >= 0.6 is 0 Å². The smallest absolute Gasteiger partial charge is 0.202 e. The molecule has 12 heteroatoms. The van der Waals surface area contributed by atoms with E-state index in [9.17, 15) is 39.9 Å². The fraction of sp³-hybridized carbons (Fsp3) is 0.559. The summed E-state index contributed by atoms with van der Waals surface area (Å²) in [5.41, 5.74) is -3.84. The topological polar surface area (TPSA) is 192 Å². The third-order valence-corrected chi connectivity index (χ3v) is 9.49. The SMILES string of the molecule is CCCCC(C)(C)N[C@H]1C[C@H](O[C@H]2C[C@](O)(C(=O)CO)Cc3c(O)c4c(c(O)c32)C(=O)c2c(OC)cccc2C4=O)O[C@@H](C)[C@H]1O. The zero-order valence-electron chi connectivity index (χ0n) is 26.8. The molecular formula is C34H43NO11. The molecule has 0 spiro atoms. The van der Waals surface area contributed by atoms with Gasteiger partial charge in [0, 0.05) is 47.5 Å². The lowest BCUT2D eigenvalue weighted by Crippen LogP contribution is -2.59. The van der Waals surface area contributed by atoms with E-state index in [1.54, 1.807) is 6.92 Å². The Kier molecular flexibility index (Phi) is 9.35. The van der Waals surface area contributed by atoms with Crippen molar-refractivity contribution in [1.29, 1.82) is 0 Å². The Morgan fingerprint density at radius 2 is 1.83 bits per heavy atom. The fourth-order valence-corrected chi connectivity index (χ4v) is 7.05. The number of phenols is 2. The summed E-state index contributed by atoms with van der Waals surface area (Å²) in [5, 5.41) is 58.9. The van der Waals surface area contributed by atoms with Crippen LogP contribution in [-0.4, -0.2) is 92.3 Å². The maximum absolute atomic E-state index is 13.9. The van der Waals surface area contributed by atoms with Gasteiger partial charge in [-0.2, -0.15) is 0 Å². The Morgan fingerprint density at radius 3 is 2.48 bits per heavy atom. The maximum atomic E-state index is 13.9. The summed E-state index contributed by atoms with van der Waals surface area (Å²) in [7, 11) is 1.34. The lowest BCUT2D eigenvalue weighted by Gasteiger charge is -2.44. The summed E-state index contributed by atoms with van der Waals surface area (Å²) in [6, 6.07) is 3.95. The second-order valence-corrected chi connectivity index (χ2v) is 13.2. The second kappa shape index (κ2) is 12.7. The van der Waals surface area contributed by atoms with Crippen molar-refractivity contribution in [3.8, 4) is 17.2 Å². The maximum Gasteiger partial charge on any atom is 0.202 e. The fourth-order valence-electron chi connectivity index (χ4n) is 7.05. The van der Waals surface area contributed by atoms with Crippen LogP contribution in [0, 0.1) is 0 Å². The Balaban J connectivity index is 1.58. The lowest BCUT2D eigenvalue weighted by molar-refractivity contribution is -0.251. The highest BCUT2D eigenvalue weighted by molar-refractivity contribution is 6.31. The molecular weight excluding hydrogens is 598 g/mol. The summed E-state index contributed by atoms with van der Waals surface area (Å²) in [6.07, 6.45) is -1.92. The minimum Gasteiger partial charge on any atom is -0.507 e. The summed E-state index contributed by atoms with van der Waals surface area (Å²) in [4.78, 5) is 40.4. The molecule has 2 aromatic carbocycles. The number of phenolic OH excluding ortho intramolecular Hbond substituents is 2. The van der Waals surface area contributed by atoms with Gasteiger partial charge in [-0.3, -0.25) is 14.4 Å². The first-order valence-electron chi connectivity index (χ1n) is 15.7. The molecule has 0 saturated carbocycles. The van der Waals surface area contributed by atoms with Crippen molar-refractivity contribution in [3.63, 3.8) is 0 Å². The zero-order chi connectivity index (χ0) is 33.7. The standard InChI is InChI=1S/C34H43NO11/c1-6-7-11-33(3,4)35-19-12-23(45-16(2)28(19)38)46-21-14-34(43,22(37)15-36)13-18-25(21)32(42)27-26(30(18)40)29(39)17-9-8-10-20(44-5)24(17)31(27)41/h8-10,16,19,21,23,28,35-36,38,40,42-43H,6-7,11-15H2,1-5H3/t16-,19-,21-,23-,28+,34-/m0/s1. The van der Waals surface area contributed by atoms with Gasteiger partial charge in [-0.15, -0.1) is 0 Å². The van der Waals surface area contributed by atoms with Crippen LogP contribution in [0.15, 0.2) is 18.2 Å². The number of ether oxygens (including phenoxy) is 3. The Labute approximate surface area is 267 Å². The molecule has 0 unspecified atom stereocenters. The summed E-state index contributed by atoms with van der Waals surface area (Å²) in [5.74, 6) is -3.67. The van der Waals surface area contributed by atoms with Gasteiger partial charge in [-0.1, -0.05) is 31.9 Å². The number of methoxy groups -OCH3 is 1. The van der Waals surface area contributed by atoms with Crippen LogP contribution in [0.5, 0.6) is 17.2 Å². The van der Waals surface area contributed by atoms with E-state index < -0.39 is 95.7 Å². The minimum atomic E-state index is -2.24. The molecule has 6 N–H and O–H groups in total. The summed E-state index contributed by atoms with van der Waals surface area (Å²) in [6.45, 7) is 6.85. The third-order valence-electron chi connectivity index (χ3n) is 9.49. The van der Waals surface area contributed by atoms with Crippen molar-refractivity contribution < 1.29 is 54.1 Å². The number of aliphatic hydroxyl groups is 3. The van der Waals surface area contributed by atoms with Gasteiger partial charge in [0.05, 0.1) is 42.1 Å². The number of ketones is 3. The van der Waals surface area contributed by atoms with Crippen LogP contribution < -0.4 is 10.1 Å². The first kappa shape index (κ1) is 34.0. The van der Waals surface area contributed by atoms with E-state index in [0.717, 1.165) is 19.3 Å². The number of benzene rings is 2. The van der Waals surface area contributed by atoms with E-state index in [2.05, 4.69) is 12.2 Å². The van der Waals surface area contributed by atoms with Gasteiger partial charge >= 0.3 is 0 Å². The highest BCUT2D eigenvalue weighted by atomic mass is 16.7. The highest BCUT2D eigenvalue weighted by Gasteiger charge is 2.50. The van der Waals surface area contributed by atoms with E-state index >= 15 is 0 Å². The molecule has 0 amide bonds. The molecule has 5 rings (SSSR count). The van der Waals surface area contributed by atoms with Crippen molar-refractivity contribution >= 4 is 17.3 Å². The molecule has 46 heavy (non-hydrogen) atoms.